The lowest BCUT2D eigenvalue weighted by Crippen LogP contribution is -2.19. The van der Waals surface area contributed by atoms with Crippen LogP contribution in [-0.2, 0) is 6.42 Å². The van der Waals surface area contributed by atoms with Gasteiger partial charge in [-0.25, -0.2) is 5.43 Å². The average Bonchev–Trinajstić information content (AvgIpc) is 3.08. The number of carbonyl (C=O) groups excluding carboxylic acids is 1. The number of hydrogen-bond donors (Lipinski definition) is 1. The van der Waals surface area contributed by atoms with Gasteiger partial charge in [-0.2, -0.15) is 5.10 Å². The van der Waals surface area contributed by atoms with Crippen molar-refractivity contribution in [2.75, 3.05) is 6.79 Å². The summed E-state index contributed by atoms with van der Waals surface area (Å²) in [6.45, 7) is 4.22. The van der Waals surface area contributed by atoms with Gasteiger partial charge >= 0.3 is 0 Å². The molecule has 0 unspecified atom stereocenters. The van der Waals surface area contributed by atoms with Gasteiger partial charge in [-0.1, -0.05) is 37.6 Å². The van der Waals surface area contributed by atoms with Crippen molar-refractivity contribution in [2.24, 2.45) is 5.10 Å². The van der Waals surface area contributed by atoms with Crippen molar-refractivity contribution in [1.82, 2.24) is 5.43 Å². The topological polar surface area (TPSA) is 59.9 Å². The number of ether oxygens (including phenoxy) is 2. The molecule has 0 aromatic heterocycles. The average molecular weight is 324 g/mol. The zero-order valence-electron chi connectivity index (χ0n) is 13.8. The Morgan fingerprint density at radius 1 is 1.08 bits per heavy atom. The first-order chi connectivity index (χ1) is 11.7. The van der Waals surface area contributed by atoms with Crippen molar-refractivity contribution in [3.05, 3.63) is 59.2 Å². The molecule has 0 aliphatic carbocycles. The number of benzene rings is 2. The third-order valence-electron chi connectivity index (χ3n) is 3.87. The monoisotopic (exact) mass is 324 g/mol. The van der Waals surface area contributed by atoms with E-state index >= 15 is 0 Å². The Labute approximate surface area is 141 Å². The lowest BCUT2D eigenvalue weighted by molar-refractivity contribution is 0.0954. The number of fused-ring (bicyclic) bond motifs is 1. The summed E-state index contributed by atoms with van der Waals surface area (Å²) < 4.78 is 10.5. The lowest BCUT2D eigenvalue weighted by atomic mass is 10.1. The Morgan fingerprint density at radius 2 is 1.79 bits per heavy atom. The van der Waals surface area contributed by atoms with Gasteiger partial charge in [0.25, 0.3) is 5.91 Å². The molecule has 3 rings (SSSR count). The van der Waals surface area contributed by atoms with E-state index in [0.29, 0.717) is 17.1 Å². The fourth-order valence-electron chi connectivity index (χ4n) is 2.50. The Morgan fingerprint density at radius 3 is 2.54 bits per heavy atom. The van der Waals surface area contributed by atoms with Gasteiger partial charge in [-0.05, 0) is 42.7 Å². The van der Waals surface area contributed by atoms with Crippen LogP contribution in [0.15, 0.2) is 47.6 Å². The summed E-state index contributed by atoms with van der Waals surface area (Å²) in [5, 5.41) is 4.18. The molecule has 5 heteroatoms. The van der Waals surface area contributed by atoms with E-state index in [1.807, 2.05) is 19.1 Å². The molecule has 0 spiro atoms. The second-order valence-electron chi connectivity index (χ2n) is 5.65. The highest BCUT2D eigenvalue weighted by atomic mass is 16.7. The van der Waals surface area contributed by atoms with Crippen molar-refractivity contribution in [2.45, 2.75) is 26.7 Å². The second kappa shape index (κ2) is 7.17. The summed E-state index contributed by atoms with van der Waals surface area (Å²) in [6, 6.07) is 13.3. The Bertz CT molecular complexity index is 767. The minimum Gasteiger partial charge on any atom is -0.454 e. The van der Waals surface area contributed by atoms with Crippen LogP contribution in [0.5, 0.6) is 11.5 Å². The molecule has 0 radical (unpaired) electrons. The van der Waals surface area contributed by atoms with E-state index in [4.69, 9.17) is 9.47 Å². The Hall–Kier alpha value is -2.82. The van der Waals surface area contributed by atoms with Gasteiger partial charge in [0, 0.05) is 5.56 Å². The number of aryl methyl sites for hydroxylation is 1. The van der Waals surface area contributed by atoms with Crippen LogP contribution in [0.2, 0.25) is 0 Å². The van der Waals surface area contributed by atoms with Gasteiger partial charge < -0.3 is 9.47 Å². The molecular formula is C19H20N2O3. The largest absolute Gasteiger partial charge is 0.454 e. The maximum Gasteiger partial charge on any atom is 0.271 e. The fourth-order valence-corrected chi connectivity index (χ4v) is 2.50. The molecular weight excluding hydrogens is 304 g/mol. The lowest BCUT2D eigenvalue weighted by Gasteiger charge is -2.05. The molecule has 0 fully saturated rings. The maximum atomic E-state index is 12.2. The molecule has 124 valence electrons. The molecule has 24 heavy (non-hydrogen) atoms. The van der Waals surface area contributed by atoms with Crippen LogP contribution in [0.4, 0.5) is 0 Å². The molecule has 0 saturated heterocycles. The summed E-state index contributed by atoms with van der Waals surface area (Å²) in [5.41, 5.74) is 6.11. The van der Waals surface area contributed by atoms with E-state index in [1.54, 1.807) is 18.2 Å². The molecule has 2 aromatic carbocycles. The van der Waals surface area contributed by atoms with Crippen molar-refractivity contribution < 1.29 is 14.3 Å². The van der Waals surface area contributed by atoms with Crippen LogP contribution in [0, 0.1) is 0 Å². The third-order valence-corrected chi connectivity index (χ3v) is 3.87. The molecule has 5 nitrogen and oxygen atoms in total. The van der Waals surface area contributed by atoms with E-state index in [9.17, 15) is 4.79 Å². The van der Waals surface area contributed by atoms with Crippen molar-refractivity contribution in [3.8, 4) is 11.5 Å². The van der Waals surface area contributed by atoms with Gasteiger partial charge in [0.1, 0.15) is 0 Å². The van der Waals surface area contributed by atoms with Crippen LogP contribution < -0.4 is 14.9 Å². The van der Waals surface area contributed by atoms with Gasteiger partial charge in [0.05, 0.1) is 5.71 Å². The highest BCUT2D eigenvalue weighted by Crippen LogP contribution is 2.32. The number of rotatable bonds is 5. The highest BCUT2D eigenvalue weighted by molar-refractivity contribution is 6.01. The predicted molar refractivity (Wildman–Crippen MR) is 92.7 cm³/mol. The van der Waals surface area contributed by atoms with Gasteiger partial charge in [0.2, 0.25) is 6.79 Å². The van der Waals surface area contributed by atoms with E-state index < -0.39 is 0 Å². The first-order valence-corrected chi connectivity index (χ1v) is 8.01. The number of hydrogen-bond acceptors (Lipinski definition) is 4. The quantitative estimate of drug-likeness (QED) is 0.676. The number of nitrogens with zero attached hydrogens (tertiary/aromatic N) is 1. The second-order valence-corrected chi connectivity index (χ2v) is 5.65. The summed E-state index contributed by atoms with van der Waals surface area (Å²) in [4.78, 5) is 12.2. The SMILES string of the molecule is CCCc1ccc(/C(C)=N/NC(=O)c2ccc3c(c2)OCO3)cc1. The summed E-state index contributed by atoms with van der Waals surface area (Å²) in [5.74, 6) is 0.948. The number of hydrazone groups is 1. The molecule has 1 aliphatic rings. The first-order valence-electron chi connectivity index (χ1n) is 8.01. The number of amides is 1. The van der Waals surface area contributed by atoms with Crippen LogP contribution >= 0.6 is 0 Å². The zero-order valence-corrected chi connectivity index (χ0v) is 13.8. The summed E-state index contributed by atoms with van der Waals surface area (Å²) in [6.07, 6.45) is 2.19. The summed E-state index contributed by atoms with van der Waals surface area (Å²) in [7, 11) is 0. The van der Waals surface area contributed by atoms with Crippen molar-refractivity contribution in [3.63, 3.8) is 0 Å². The van der Waals surface area contributed by atoms with Crippen molar-refractivity contribution >= 4 is 11.6 Å². The third kappa shape index (κ3) is 3.56. The fraction of sp³-hybridized carbons (Fsp3) is 0.263. The smallest absolute Gasteiger partial charge is 0.271 e. The molecule has 1 heterocycles. The molecule has 0 atom stereocenters. The van der Waals surface area contributed by atoms with Gasteiger partial charge in [-0.15, -0.1) is 0 Å². The molecule has 1 amide bonds. The van der Waals surface area contributed by atoms with Crippen LogP contribution in [-0.4, -0.2) is 18.4 Å². The normalized spacial score (nSPS) is 13.0. The predicted octanol–water partition coefficient (Wildman–Crippen LogP) is 3.52. The van der Waals surface area contributed by atoms with Gasteiger partial charge in [0.15, 0.2) is 11.5 Å². The minimum absolute atomic E-state index is 0.186. The minimum atomic E-state index is -0.282. The molecule has 0 saturated carbocycles. The van der Waals surface area contributed by atoms with Crippen molar-refractivity contribution in [1.29, 1.82) is 0 Å². The first kappa shape index (κ1) is 16.1. The van der Waals surface area contributed by atoms with Crippen LogP contribution in [0.3, 0.4) is 0 Å². The maximum absolute atomic E-state index is 12.2. The Kier molecular flexibility index (Phi) is 4.79. The highest BCUT2D eigenvalue weighted by Gasteiger charge is 2.16. The van der Waals surface area contributed by atoms with Crippen LogP contribution in [0.1, 0.15) is 41.8 Å². The zero-order chi connectivity index (χ0) is 16.9. The standard InChI is InChI=1S/C19H20N2O3/c1-3-4-14-5-7-15(8-6-14)13(2)20-21-19(22)16-9-10-17-18(11-16)24-12-23-17/h5-11H,3-4,12H2,1-2H3,(H,21,22)/b20-13+. The number of nitrogens with one attached hydrogen (secondary N) is 1. The van der Waals surface area contributed by atoms with E-state index in [1.165, 1.54) is 5.56 Å². The summed E-state index contributed by atoms with van der Waals surface area (Å²) >= 11 is 0. The molecule has 0 bridgehead atoms. The molecule has 1 N–H and O–H groups in total. The number of carbonyl (C=O) groups is 1. The van der Waals surface area contributed by atoms with E-state index in [-0.39, 0.29) is 12.7 Å². The van der Waals surface area contributed by atoms with E-state index in [2.05, 4.69) is 29.6 Å². The van der Waals surface area contributed by atoms with Gasteiger partial charge in [-0.3, -0.25) is 4.79 Å². The van der Waals surface area contributed by atoms with E-state index in [0.717, 1.165) is 24.1 Å². The molecule has 1 aliphatic heterocycles. The molecule has 2 aromatic rings. The Balaban J connectivity index is 1.66. The van der Waals surface area contributed by atoms with Crippen LogP contribution in [0.25, 0.3) is 0 Å².